The van der Waals surface area contributed by atoms with Gasteiger partial charge in [-0.25, -0.2) is 9.78 Å². The van der Waals surface area contributed by atoms with Crippen LogP contribution < -0.4 is 10.4 Å². The largest absolute Gasteiger partial charge is 0.488 e. The monoisotopic (exact) mass is 356 g/mol. The average molecular weight is 356 g/mol. The van der Waals surface area contributed by atoms with E-state index in [0.29, 0.717) is 29.6 Å². The van der Waals surface area contributed by atoms with E-state index in [0.717, 1.165) is 16.6 Å². The van der Waals surface area contributed by atoms with Gasteiger partial charge in [0.2, 0.25) is 0 Å². The number of rotatable bonds is 3. The number of carbonyl (C=O) groups excluding carboxylic acids is 1. The molecule has 0 N–H and O–H groups in total. The van der Waals surface area contributed by atoms with Gasteiger partial charge in [-0.15, -0.1) is 11.3 Å². The van der Waals surface area contributed by atoms with Crippen LogP contribution in [-0.2, 0) is 0 Å². The number of amides is 1. The van der Waals surface area contributed by atoms with Crippen molar-refractivity contribution in [3.05, 3.63) is 57.6 Å². The molecule has 3 heterocycles. The van der Waals surface area contributed by atoms with Crippen molar-refractivity contribution in [2.75, 3.05) is 13.1 Å². The van der Waals surface area contributed by atoms with Crippen LogP contribution in [0.5, 0.6) is 5.75 Å². The molecule has 1 aromatic carbocycles. The normalized spacial score (nSPS) is 17.2. The van der Waals surface area contributed by atoms with Crippen molar-refractivity contribution in [3.8, 4) is 5.75 Å². The fraction of sp³-hybridized carbons (Fsp3) is 0.278. The molecule has 1 saturated heterocycles. The molecule has 0 radical (unpaired) electrons. The minimum atomic E-state index is -0.435. The molecule has 0 aliphatic carbocycles. The van der Waals surface area contributed by atoms with Crippen LogP contribution in [0, 0.1) is 6.92 Å². The zero-order valence-electron chi connectivity index (χ0n) is 13.6. The van der Waals surface area contributed by atoms with Crippen LogP contribution in [0.1, 0.15) is 22.0 Å². The molecule has 128 valence electrons. The lowest BCUT2D eigenvalue weighted by molar-refractivity contribution is 0.0772. The third-order valence-electron chi connectivity index (χ3n) is 4.08. The van der Waals surface area contributed by atoms with Gasteiger partial charge in [-0.2, -0.15) is 0 Å². The molecular formula is C18H16N2O4S. The van der Waals surface area contributed by atoms with Gasteiger partial charge in [0.15, 0.2) is 5.01 Å². The van der Waals surface area contributed by atoms with Gasteiger partial charge in [0, 0.05) is 19.0 Å². The van der Waals surface area contributed by atoms with Crippen molar-refractivity contribution in [1.29, 1.82) is 0 Å². The van der Waals surface area contributed by atoms with Gasteiger partial charge in [-0.1, -0.05) is 12.1 Å². The SMILES string of the molecule is Cc1cc(OC2CCN(C(=O)c3nc4ccccc4s3)C2)cc(=O)o1. The summed E-state index contributed by atoms with van der Waals surface area (Å²) in [6.45, 7) is 2.79. The molecule has 2 aromatic heterocycles. The van der Waals surface area contributed by atoms with Crippen LogP contribution in [-0.4, -0.2) is 35.0 Å². The second-order valence-corrected chi connectivity index (χ2v) is 7.02. The number of nitrogens with zero attached hydrogens (tertiary/aromatic N) is 2. The predicted octanol–water partition coefficient (Wildman–Crippen LogP) is 2.85. The van der Waals surface area contributed by atoms with Crippen LogP contribution in [0.3, 0.4) is 0 Å². The summed E-state index contributed by atoms with van der Waals surface area (Å²) in [6, 6.07) is 10.7. The zero-order valence-corrected chi connectivity index (χ0v) is 14.4. The highest BCUT2D eigenvalue weighted by atomic mass is 32.1. The summed E-state index contributed by atoms with van der Waals surface area (Å²) >= 11 is 1.40. The molecule has 1 amide bonds. The molecule has 3 aromatic rings. The molecule has 7 heteroatoms. The second kappa shape index (κ2) is 6.33. The molecule has 4 rings (SSSR count). The van der Waals surface area contributed by atoms with Crippen LogP contribution in [0.15, 0.2) is 45.6 Å². The Morgan fingerprint density at radius 3 is 3.00 bits per heavy atom. The first kappa shape index (κ1) is 15.8. The first-order valence-corrected chi connectivity index (χ1v) is 8.83. The van der Waals surface area contributed by atoms with Gasteiger partial charge in [-0.05, 0) is 19.1 Å². The molecule has 25 heavy (non-hydrogen) atoms. The Morgan fingerprint density at radius 1 is 1.36 bits per heavy atom. The maximum atomic E-state index is 12.7. The summed E-state index contributed by atoms with van der Waals surface area (Å²) in [5.74, 6) is 0.909. The summed E-state index contributed by atoms with van der Waals surface area (Å²) < 4.78 is 11.8. The highest BCUT2D eigenvalue weighted by Gasteiger charge is 2.30. The van der Waals surface area contributed by atoms with Crippen molar-refractivity contribution < 1.29 is 13.9 Å². The maximum absolute atomic E-state index is 12.7. The molecule has 0 saturated carbocycles. The number of fused-ring (bicyclic) bond motifs is 1. The van der Waals surface area contributed by atoms with E-state index in [2.05, 4.69) is 4.98 Å². The first-order valence-electron chi connectivity index (χ1n) is 8.02. The molecule has 1 fully saturated rings. The van der Waals surface area contributed by atoms with Gasteiger partial charge in [0.25, 0.3) is 5.91 Å². The lowest BCUT2D eigenvalue weighted by Crippen LogP contribution is -2.30. The van der Waals surface area contributed by atoms with Gasteiger partial charge in [0.05, 0.1) is 22.8 Å². The van der Waals surface area contributed by atoms with E-state index in [4.69, 9.17) is 9.15 Å². The number of ether oxygens (including phenoxy) is 1. The maximum Gasteiger partial charge on any atom is 0.339 e. The summed E-state index contributed by atoms with van der Waals surface area (Å²) in [4.78, 5) is 30.3. The van der Waals surface area contributed by atoms with Crippen LogP contribution in [0.2, 0.25) is 0 Å². The van der Waals surface area contributed by atoms with Crippen molar-refractivity contribution in [2.24, 2.45) is 0 Å². The van der Waals surface area contributed by atoms with Gasteiger partial charge >= 0.3 is 5.63 Å². The van der Waals surface area contributed by atoms with E-state index in [9.17, 15) is 9.59 Å². The average Bonchev–Trinajstić information content (AvgIpc) is 3.19. The van der Waals surface area contributed by atoms with Crippen molar-refractivity contribution in [2.45, 2.75) is 19.4 Å². The standard InChI is InChI=1S/C18H16N2O4S/c1-11-8-13(9-16(21)23-11)24-12-6-7-20(10-12)18(22)17-19-14-4-2-3-5-15(14)25-17/h2-5,8-9,12H,6-7,10H2,1H3. The Kier molecular flexibility index (Phi) is 4.01. The quantitative estimate of drug-likeness (QED) is 0.721. The number of aromatic nitrogens is 1. The minimum absolute atomic E-state index is 0.0731. The van der Waals surface area contributed by atoms with E-state index in [1.54, 1.807) is 17.9 Å². The lowest BCUT2D eigenvalue weighted by Gasteiger charge is -2.16. The van der Waals surface area contributed by atoms with Crippen molar-refractivity contribution in [3.63, 3.8) is 0 Å². The van der Waals surface area contributed by atoms with Crippen LogP contribution in [0.4, 0.5) is 0 Å². The third kappa shape index (κ3) is 3.28. The summed E-state index contributed by atoms with van der Waals surface area (Å²) in [5, 5.41) is 0.498. The van der Waals surface area contributed by atoms with Crippen LogP contribution in [0.25, 0.3) is 10.2 Å². The highest BCUT2D eigenvalue weighted by molar-refractivity contribution is 7.20. The van der Waals surface area contributed by atoms with E-state index in [1.165, 1.54) is 17.4 Å². The number of hydrogen-bond donors (Lipinski definition) is 0. The Hall–Kier alpha value is -2.67. The van der Waals surface area contributed by atoms with Gasteiger partial charge in [-0.3, -0.25) is 4.79 Å². The zero-order chi connectivity index (χ0) is 17.4. The molecular weight excluding hydrogens is 340 g/mol. The van der Waals surface area contributed by atoms with Gasteiger partial charge in [0.1, 0.15) is 17.6 Å². The highest BCUT2D eigenvalue weighted by Crippen LogP contribution is 2.25. The number of benzene rings is 1. The Labute approximate surface area is 147 Å². The number of carbonyl (C=O) groups is 1. The second-order valence-electron chi connectivity index (χ2n) is 5.99. The number of para-hydroxylation sites is 1. The van der Waals surface area contributed by atoms with Crippen LogP contribution >= 0.6 is 11.3 Å². The van der Waals surface area contributed by atoms with E-state index < -0.39 is 5.63 Å². The summed E-state index contributed by atoms with van der Waals surface area (Å²) in [5.41, 5.74) is 0.407. The topological polar surface area (TPSA) is 72.6 Å². The van der Waals surface area contributed by atoms with Crippen molar-refractivity contribution >= 4 is 27.5 Å². The molecule has 0 bridgehead atoms. The molecule has 1 aliphatic rings. The number of hydrogen-bond acceptors (Lipinski definition) is 6. The smallest absolute Gasteiger partial charge is 0.339 e. The summed E-state index contributed by atoms with van der Waals surface area (Å²) in [6.07, 6.45) is 0.579. The fourth-order valence-electron chi connectivity index (χ4n) is 2.94. The molecule has 1 unspecified atom stereocenters. The van der Waals surface area contributed by atoms with Crippen molar-refractivity contribution in [1.82, 2.24) is 9.88 Å². The fourth-order valence-corrected chi connectivity index (χ4v) is 3.88. The molecule has 1 aliphatic heterocycles. The Balaban J connectivity index is 1.46. The van der Waals surface area contributed by atoms with E-state index in [-0.39, 0.29) is 12.0 Å². The predicted molar refractivity (Wildman–Crippen MR) is 94.3 cm³/mol. The third-order valence-corrected chi connectivity index (χ3v) is 5.10. The number of thiazole rings is 1. The summed E-state index contributed by atoms with van der Waals surface area (Å²) in [7, 11) is 0. The minimum Gasteiger partial charge on any atom is -0.488 e. The number of likely N-dealkylation sites (tertiary alicyclic amines) is 1. The first-order chi connectivity index (χ1) is 12.1. The molecule has 1 atom stereocenters. The molecule has 0 spiro atoms. The van der Waals surface area contributed by atoms with Gasteiger partial charge < -0.3 is 14.1 Å². The van der Waals surface area contributed by atoms with E-state index in [1.807, 2.05) is 24.3 Å². The van der Waals surface area contributed by atoms with E-state index >= 15 is 0 Å². The molecule has 6 nitrogen and oxygen atoms in total. The number of aryl methyl sites for hydroxylation is 1. The Morgan fingerprint density at radius 2 is 2.20 bits per heavy atom. The lowest BCUT2D eigenvalue weighted by atomic mass is 10.3. The Bertz CT molecular complexity index is 961.